The Morgan fingerprint density at radius 3 is 2.61 bits per heavy atom. The topological polar surface area (TPSA) is 0 Å². The average molecular weight is 240 g/mol. The average Bonchev–Trinajstić information content (AvgIpc) is 2.39. The van der Waals surface area contributed by atoms with Crippen molar-refractivity contribution in [3.05, 3.63) is 65.8 Å². The number of unbranched alkanes of at least 4 members (excludes halogenated alkanes) is 1. The summed E-state index contributed by atoms with van der Waals surface area (Å²) in [5.74, 6) is 0. The molecule has 0 aliphatic rings. The Morgan fingerprint density at radius 1 is 1.28 bits per heavy atom. The molecule has 1 aromatic carbocycles. The molecule has 0 aromatic heterocycles. The van der Waals surface area contributed by atoms with E-state index in [1.54, 1.807) is 0 Å². The smallest absolute Gasteiger partial charge is 0.0195 e. The largest absolute Gasteiger partial charge is 0.0991 e. The maximum absolute atomic E-state index is 3.75. The SMILES string of the molecule is C=C/C=C\C(CCCC)=C(/C)c1ccccc1C. The van der Waals surface area contributed by atoms with E-state index in [4.69, 9.17) is 0 Å². The summed E-state index contributed by atoms with van der Waals surface area (Å²) in [6.07, 6.45) is 9.68. The fourth-order valence-corrected chi connectivity index (χ4v) is 2.11. The van der Waals surface area contributed by atoms with Gasteiger partial charge in [0.25, 0.3) is 0 Å². The number of aryl methyl sites for hydroxylation is 1. The van der Waals surface area contributed by atoms with Crippen molar-refractivity contribution in [3.8, 4) is 0 Å². The minimum Gasteiger partial charge on any atom is -0.0991 e. The Hall–Kier alpha value is -1.56. The second-order valence-electron chi connectivity index (χ2n) is 4.66. The van der Waals surface area contributed by atoms with Crippen LogP contribution < -0.4 is 0 Å². The van der Waals surface area contributed by atoms with E-state index in [2.05, 4.69) is 57.7 Å². The summed E-state index contributed by atoms with van der Waals surface area (Å²) < 4.78 is 0. The highest BCUT2D eigenvalue weighted by atomic mass is 14.1. The Morgan fingerprint density at radius 2 is 2.00 bits per heavy atom. The standard InChI is InChI=1S/C18H24/c1-5-7-12-17(13-8-6-2)16(4)18-14-10-9-11-15(18)3/h5,7,9-12,14H,1,6,8,13H2,2-4H3/b12-7-,17-16-. The van der Waals surface area contributed by atoms with Gasteiger partial charge in [0.2, 0.25) is 0 Å². The Labute approximate surface area is 112 Å². The van der Waals surface area contributed by atoms with Crippen molar-refractivity contribution in [1.29, 1.82) is 0 Å². The fraction of sp³-hybridized carbons (Fsp3) is 0.333. The highest BCUT2D eigenvalue weighted by molar-refractivity contribution is 5.71. The molecule has 0 heteroatoms. The quantitative estimate of drug-likeness (QED) is 0.559. The van der Waals surface area contributed by atoms with E-state index in [9.17, 15) is 0 Å². The van der Waals surface area contributed by atoms with Gasteiger partial charge in [0.1, 0.15) is 0 Å². The highest BCUT2D eigenvalue weighted by Crippen LogP contribution is 2.25. The summed E-state index contributed by atoms with van der Waals surface area (Å²) >= 11 is 0. The lowest BCUT2D eigenvalue weighted by Gasteiger charge is -2.11. The van der Waals surface area contributed by atoms with Gasteiger partial charge in [0.05, 0.1) is 0 Å². The van der Waals surface area contributed by atoms with E-state index >= 15 is 0 Å². The highest BCUT2D eigenvalue weighted by Gasteiger charge is 2.04. The second-order valence-corrected chi connectivity index (χ2v) is 4.66. The summed E-state index contributed by atoms with van der Waals surface area (Å²) in [7, 11) is 0. The van der Waals surface area contributed by atoms with Gasteiger partial charge >= 0.3 is 0 Å². The molecule has 0 saturated carbocycles. The van der Waals surface area contributed by atoms with Crippen molar-refractivity contribution in [3.63, 3.8) is 0 Å². The first-order chi connectivity index (χ1) is 8.70. The van der Waals surface area contributed by atoms with E-state index in [1.165, 1.54) is 35.1 Å². The van der Waals surface area contributed by atoms with Crippen molar-refractivity contribution in [1.82, 2.24) is 0 Å². The summed E-state index contributed by atoms with van der Waals surface area (Å²) in [6.45, 7) is 10.4. The predicted octanol–water partition coefficient (Wildman–Crippen LogP) is 5.70. The van der Waals surface area contributed by atoms with Crippen molar-refractivity contribution in [2.75, 3.05) is 0 Å². The maximum Gasteiger partial charge on any atom is -0.0195 e. The molecule has 1 rings (SSSR count). The van der Waals surface area contributed by atoms with Gasteiger partial charge in [0, 0.05) is 0 Å². The third kappa shape index (κ3) is 4.03. The van der Waals surface area contributed by atoms with Gasteiger partial charge in [-0.3, -0.25) is 0 Å². The summed E-state index contributed by atoms with van der Waals surface area (Å²) in [6, 6.07) is 8.59. The lowest BCUT2D eigenvalue weighted by atomic mass is 9.94. The number of hydrogen-bond acceptors (Lipinski definition) is 0. The molecule has 0 spiro atoms. The molecule has 0 unspecified atom stereocenters. The molecular formula is C18H24. The van der Waals surface area contributed by atoms with E-state index < -0.39 is 0 Å². The lowest BCUT2D eigenvalue weighted by molar-refractivity contribution is 0.798. The second kappa shape index (κ2) is 7.71. The minimum atomic E-state index is 1.14. The van der Waals surface area contributed by atoms with Gasteiger partial charge in [-0.25, -0.2) is 0 Å². The van der Waals surface area contributed by atoms with Crippen LogP contribution in [0.2, 0.25) is 0 Å². The van der Waals surface area contributed by atoms with Crippen molar-refractivity contribution >= 4 is 5.57 Å². The molecule has 0 heterocycles. The van der Waals surface area contributed by atoms with Crippen molar-refractivity contribution < 1.29 is 0 Å². The molecule has 0 radical (unpaired) electrons. The van der Waals surface area contributed by atoms with Gasteiger partial charge in [-0.2, -0.15) is 0 Å². The first-order valence-electron chi connectivity index (χ1n) is 6.75. The molecule has 0 saturated heterocycles. The van der Waals surface area contributed by atoms with E-state index in [0.717, 1.165) is 6.42 Å². The van der Waals surface area contributed by atoms with Crippen LogP contribution in [0.3, 0.4) is 0 Å². The molecule has 0 atom stereocenters. The van der Waals surface area contributed by atoms with Crippen LogP contribution in [0.4, 0.5) is 0 Å². The van der Waals surface area contributed by atoms with Crippen LogP contribution in [-0.2, 0) is 0 Å². The van der Waals surface area contributed by atoms with Crippen LogP contribution in [-0.4, -0.2) is 0 Å². The predicted molar refractivity (Wildman–Crippen MR) is 82.6 cm³/mol. The van der Waals surface area contributed by atoms with Crippen LogP contribution in [0.1, 0.15) is 44.2 Å². The number of benzene rings is 1. The molecule has 0 nitrogen and oxygen atoms in total. The van der Waals surface area contributed by atoms with Crippen LogP contribution in [0.25, 0.3) is 5.57 Å². The molecule has 0 bridgehead atoms. The van der Waals surface area contributed by atoms with Gasteiger partial charge < -0.3 is 0 Å². The molecule has 96 valence electrons. The maximum atomic E-state index is 3.75. The molecule has 0 amide bonds. The number of allylic oxidation sites excluding steroid dienone is 5. The summed E-state index contributed by atoms with van der Waals surface area (Å²) in [4.78, 5) is 0. The van der Waals surface area contributed by atoms with Crippen LogP contribution >= 0.6 is 0 Å². The minimum absolute atomic E-state index is 1.14. The zero-order valence-corrected chi connectivity index (χ0v) is 11.9. The Bertz CT molecular complexity index is 447. The molecule has 0 fully saturated rings. The van der Waals surface area contributed by atoms with Crippen LogP contribution in [0.5, 0.6) is 0 Å². The molecule has 0 aliphatic heterocycles. The van der Waals surface area contributed by atoms with E-state index in [0.29, 0.717) is 0 Å². The Balaban J connectivity index is 3.13. The third-order valence-corrected chi connectivity index (χ3v) is 3.26. The summed E-state index contributed by atoms with van der Waals surface area (Å²) in [5, 5.41) is 0. The number of rotatable bonds is 6. The first-order valence-corrected chi connectivity index (χ1v) is 6.75. The molecular weight excluding hydrogens is 216 g/mol. The van der Waals surface area contributed by atoms with E-state index in [-0.39, 0.29) is 0 Å². The molecule has 18 heavy (non-hydrogen) atoms. The lowest BCUT2D eigenvalue weighted by Crippen LogP contribution is -1.90. The Kier molecular flexibility index (Phi) is 6.21. The zero-order chi connectivity index (χ0) is 13.4. The van der Waals surface area contributed by atoms with Gasteiger partial charge in [-0.1, -0.05) is 62.4 Å². The van der Waals surface area contributed by atoms with Crippen LogP contribution in [0.15, 0.2) is 54.6 Å². The van der Waals surface area contributed by atoms with Crippen LogP contribution in [0, 0.1) is 6.92 Å². The van der Waals surface area contributed by atoms with Crippen molar-refractivity contribution in [2.45, 2.75) is 40.0 Å². The van der Waals surface area contributed by atoms with Crippen molar-refractivity contribution in [2.24, 2.45) is 0 Å². The van der Waals surface area contributed by atoms with Gasteiger partial charge in [0.15, 0.2) is 0 Å². The first kappa shape index (κ1) is 14.5. The fourth-order valence-electron chi connectivity index (χ4n) is 2.11. The van der Waals surface area contributed by atoms with Gasteiger partial charge in [-0.15, -0.1) is 0 Å². The zero-order valence-electron chi connectivity index (χ0n) is 11.9. The third-order valence-electron chi connectivity index (χ3n) is 3.26. The number of hydrogen-bond donors (Lipinski definition) is 0. The monoisotopic (exact) mass is 240 g/mol. The molecule has 0 N–H and O–H groups in total. The molecule has 0 aliphatic carbocycles. The van der Waals surface area contributed by atoms with E-state index in [1.807, 2.05) is 12.2 Å². The van der Waals surface area contributed by atoms with Gasteiger partial charge in [-0.05, 0) is 49.0 Å². The normalized spacial score (nSPS) is 12.6. The molecule has 1 aromatic rings. The summed E-state index contributed by atoms with van der Waals surface area (Å²) in [5.41, 5.74) is 5.51.